The fourth-order valence-electron chi connectivity index (χ4n) is 3.00. The topological polar surface area (TPSA) is 89.3 Å². The Bertz CT molecular complexity index is 610. The van der Waals surface area contributed by atoms with Crippen LogP contribution < -0.4 is 11.1 Å². The maximum atomic E-state index is 12.0. The molecule has 5 nitrogen and oxygen atoms in total. The highest BCUT2D eigenvalue weighted by molar-refractivity contribution is 5.95. The van der Waals surface area contributed by atoms with Crippen LogP contribution in [0.4, 0.5) is 0 Å². The Hall–Kier alpha value is -2.43. The van der Waals surface area contributed by atoms with Crippen molar-refractivity contribution in [2.75, 3.05) is 0 Å². The van der Waals surface area contributed by atoms with Crippen molar-refractivity contribution in [2.24, 2.45) is 11.7 Å². The van der Waals surface area contributed by atoms with E-state index in [1.165, 1.54) is 6.08 Å². The molecule has 3 N–H and O–H groups in total. The first-order chi connectivity index (χ1) is 11.6. The van der Waals surface area contributed by atoms with Crippen LogP contribution >= 0.6 is 0 Å². The van der Waals surface area contributed by atoms with Gasteiger partial charge in [0.2, 0.25) is 11.8 Å². The lowest BCUT2D eigenvalue weighted by atomic mass is 9.84. The third-order valence-electron chi connectivity index (χ3n) is 4.34. The second-order valence-electron chi connectivity index (χ2n) is 6.18. The Morgan fingerprint density at radius 2 is 1.79 bits per heavy atom. The number of carbonyl (C=O) groups is 3. The lowest BCUT2D eigenvalue weighted by Gasteiger charge is -2.29. The molecule has 0 radical (unpaired) electrons. The van der Waals surface area contributed by atoms with E-state index in [4.69, 9.17) is 5.73 Å². The molecule has 2 rings (SSSR count). The number of nitrogens with one attached hydrogen (secondary N) is 1. The molecule has 1 aliphatic rings. The Morgan fingerprint density at radius 1 is 1.08 bits per heavy atom. The van der Waals surface area contributed by atoms with Crippen molar-refractivity contribution in [2.45, 2.75) is 44.6 Å². The van der Waals surface area contributed by atoms with Gasteiger partial charge in [-0.15, -0.1) is 0 Å². The number of hydrogen-bond acceptors (Lipinski definition) is 3. The molecule has 1 saturated carbocycles. The van der Waals surface area contributed by atoms with Gasteiger partial charge in [0.1, 0.15) is 0 Å². The molecule has 0 aromatic heterocycles. The molecule has 128 valence electrons. The van der Waals surface area contributed by atoms with E-state index in [2.05, 4.69) is 5.32 Å². The van der Waals surface area contributed by atoms with Gasteiger partial charge in [0.15, 0.2) is 5.78 Å². The summed E-state index contributed by atoms with van der Waals surface area (Å²) in [6.07, 6.45) is 6.94. The van der Waals surface area contributed by atoms with E-state index in [1.54, 1.807) is 6.08 Å². The molecule has 1 aliphatic carbocycles. The van der Waals surface area contributed by atoms with Crippen molar-refractivity contribution < 1.29 is 14.4 Å². The minimum absolute atomic E-state index is 0.0934. The van der Waals surface area contributed by atoms with Crippen LogP contribution in [0.3, 0.4) is 0 Å². The predicted octanol–water partition coefficient (Wildman–Crippen LogP) is 2.21. The van der Waals surface area contributed by atoms with Gasteiger partial charge in [-0.2, -0.15) is 0 Å². The molecule has 0 aliphatic heterocycles. The lowest BCUT2D eigenvalue weighted by molar-refractivity contribution is -0.127. The second-order valence-corrected chi connectivity index (χ2v) is 6.18. The van der Waals surface area contributed by atoms with Gasteiger partial charge in [0, 0.05) is 18.9 Å². The van der Waals surface area contributed by atoms with Gasteiger partial charge in [-0.1, -0.05) is 49.2 Å². The smallest absolute Gasteiger partial charge is 0.222 e. The van der Waals surface area contributed by atoms with Crippen molar-refractivity contribution in [3.05, 3.63) is 42.0 Å². The zero-order chi connectivity index (χ0) is 17.4. The summed E-state index contributed by atoms with van der Waals surface area (Å²) in [6, 6.07) is 9.33. The molecule has 24 heavy (non-hydrogen) atoms. The molecule has 0 saturated heterocycles. The van der Waals surface area contributed by atoms with Gasteiger partial charge in [-0.25, -0.2) is 0 Å². The quantitative estimate of drug-likeness (QED) is 0.752. The summed E-state index contributed by atoms with van der Waals surface area (Å²) >= 11 is 0. The number of amides is 2. The number of allylic oxidation sites excluding steroid dienone is 1. The van der Waals surface area contributed by atoms with Gasteiger partial charge in [0.25, 0.3) is 0 Å². The van der Waals surface area contributed by atoms with Crippen LogP contribution in [0.15, 0.2) is 36.4 Å². The Morgan fingerprint density at radius 3 is 2.50 bits per heavy atom. The van der Waals surface area contributed by atoms with Gasteiger partial charge in [-0.05, 0) is 24.5 Å². The maximum absolute atomic E-state index is 12.0. The number of rotatable bonds is 7. The normalized spacial score (nSPS) is 20.7. The largest absolute Gasteiger partial charge is 0.369 e. The number of ketones is 1. The molecule has 5 heteroatoms. The van der Waals surface area contributed by atoms with Gasteiger partial charge >= 0.3 is 0 Å². The van der Waals surface area contributed by atoms with Crippen LogP contribution in [0.25, 0.3) is 6.08 Å². The molecule has 1 aromatic rings. The first kappa shape index (κ1) is 17.9. The molecule has 0 heterocycles. The fourth-order valence-corrected chi connectivity index (χ4v) is 3.00. The molecule has 0 spiro atoms. The molecular formula is C19H24N2O3. The van der Waals surface area contributed by atoms with E-state index in [0.29, 0.717) is 0 Å². The molecule has 1 unspecified atom stereocenters. The number of carbonyl (C=O) groups excluding carboxylic acids is 3. The summed E-state index contributed by atoms with van der Waals surface area (Å²) in [5.41, 5.74) is 6.34. The Labute approximate surface area is 142 Å². The van der Waals surface area contributed by atoms with E-state index in [-0.39, 0.29) is 42.4 Å². The van der Waals surface area contributed by atoms with E-state index in [0.717, 1.165) is 31.2 Å². The summed E-state index contributed by atoms with van der Waals surface area (Å²) in [5.74, 6) is -0.947. The third-order valence-corrected chi connectivity index (χ3v) is 4.34. The molecule has 2 atom stereocenters. The lowest BCUT2D eigenvalue weighted by Crippen LogP contribution is -2.47. The van der Waals surface area contributed by atoms with Crippen molar-refractivity contribution in [3.63, 3.8) is 0 Å². The van der Waals surface area contributed by atoms with Gasteiger partial charge in [-0.3, -0.25) is 14.4 Å². The standard InChI is InChI=1S/C19H24N2O3/c20-19(24)16-8-4-5-9-17(16)21-18(23)13-12-15(22)11-10-14-6-2-1-3-7-14/h1-3,6-7,10-11,16-17H,4-5,8-9,12-13H2,(H2,20,24)(H,21,23)/b11-10+/t16-,17?/m0/s1. The monoisotopic (exact) mass is 328 g/mol. The van der Waals surface area contributed by atoms with Gasteiger partial charge < -0.3 is 11.1 Å². The SMILES string of the molecule is NC(=O)[C@H]1CCCCC1NC(=O)CCC(=O)/C=C/c1ccccc1. The zero-order valence-corrected chi connectivity index (χ0v) is 13.7. The fraction of sp³-hybridized carbons (Fsp3) is 0.421. The minimum atomic E-state index is -0.359. The first-order valence-electron chi connectivity index (χ1n) is 8.41. The zero-order valence-electron chi connectivity index (χ0n) is 13.7. The highest BCUT2D eigenvalue weighted by Crippen LogP contribution is 2.24. The molecule has 0 bridgehead atoms. The number of nitrogens with two attached hydrogens (primary N) is 1. The van der Waals surface area contributed by atoms with Crippen molar-refractivity contribution >= 4 is 23.7 Å². The summed E-state index contributed by atoms with van der Waals surface area (Å²) in [6.45, 7) is 0. The Balaban J connectivity index is 1.77. The third kappa shape index (κ3) is 5.65. The summed E-state index contributed by atoms with van der Waals surface area (Å²) < 4.78 is 0. The minimum Gasteiger partial charge on any atom is -0.369 e. The van der Waals surface area contributed by atoms with Crippen LogP contribution in [0.5, 0.6) is 0 Å². The van der Waals surface area contributed by atoms with Gasteiger partial charge in [0.05, 0.1) is 5.92 Å². The highest BCUT2D eigenvalue weighted by Gasteiger charge is 2.30. The van der Waals surface area contributed by atoms with E-state index >= 15 is 0 Å². The number of hydrogen-bond donors (Lipinski definition) is 2. The average molecular weight is 328 g/mol. The summed E-state index contributed by atoms with van der Waals surface area (Å²) in [5, 5.41) is 2.86. The maximum Gasteiger partial charge on any atom is 0.222 e. The van der Waals surface area contributed by atoms with Crippen LogP contribution in [0.1, 0.15) is 44.1 Å². The molecule has 1 aromatic carbocycles. The van der Waals surface area contributed by atoms with Crippen molar-refractivity contribution in [1.29, 1.82) is 0 Å². The van der Waals surface area contributed by atoms with Crippen molar-refractivity contribution in [3.8, 4) is 0 Å². The van der Waals surface area contributed by atoms with Crippen LogP contribution in [-0.4, -0.2) is 23.6 Å². The molecule has 2 amide bonds. The van der Waals surface area contributed by atoms with Crippen molar-refractivity contribution in [1.82, 2.24) is 5.32 Å². The molecular weight excluding hydrogens is 304 g/mol. The number of benzene rings is 1. The van der Waals surface area contributed by atoms with E-state index < -0.39 is 0 Å². The average Bonchev–Trinajstić information content (AvgIpc) is 2.59. The summed E-state index contributed by atoms with van der Waals surface area (Å²) in [7, 11) is 0. The van der Waals surface area contributed by atoms with Crippen LogP contribution in [-0.2, 0) is 14.4 Å². The number of primary amides is 1. The van der Waals surface area contributed by atoms with Crippen LogP contribution in [0, 0.1) is 5.92 Å². The summed E-state index contributed by atoms with van der Waals surface area (Å²) in [4.78, 5) is 35.3. The first-order valence-corrected chi connectivity index (χ1v) is 8.41. The van der Waals surface area contributed by atoms with E-state index in [1.807, 2.05) is 30.3 Å². The predicted molar refractivity (Wildman–Crippen MR) is 92.8 cm³/mol. The molecule has 1 fully saturated rings. The second kappa shape index (κ2) is 9.01. The Kier molecular flexibility index (Phi) is 6.73. The van der Waals surface area contributed by atoms with E-state index in [9.17, 15) is 14.4 Å². The highest BCUT2D eigenvalue weighted by atomic mass is 16.2. The van der Waals surface area contributed by atoms with Crippen LogP contribution in [0.2, 0.25) is 0 Å².